The summed E-state index contributed by atoms with van der Waals surface area (Å²) in [5.41, 5.74) is 0.656. The van der Waals surface area contributed by atoms with Gasteiger partial charge >= 0.3 is 5.97 Å². The molecule has 1 N–H and O–H groups in total. The van der Waals surface area contributed by atoms with E-state index in [1.165, 1.54) is 0 Å². The minimum Gasteiger partial charge on any atom is -0.504 e. The van der Waals surface area contributed by atoms with Crippen LogP contribution in [0.3, 0.4) is 0 Å². The van der Waals surface area contributed by atoms with Gasteiger partial charge in [0.25, 0.3) is 0 Å². The van der Waals surface area contributed by atoms with E-state index in [0.29, 0.717) is 18.1 Å². The minimum atomic E-state index is -0.573. The summed E-state index contributed by atoms with van der Waals surface area (Å²) in [5.74, 6) is 1.12. The normalized spacial score (nSPS) is 21.4. The van der Waals surface area contributed by atoms with E-state index < -0.39 is 5.41 Å². The lowest BCUT2D eigenvalue weighted by molar-refractivity contribution is -0.164. The number of hydrogen-bond acceptors (Lipinski definition) is 4. The molecule has 158 valence electrons. The maximum absolute atomic E-state index is 13.1. The number of esters is 1. The largest absolute Gasteiger partial charge is 0.504 e. The summed E-state index contributed by atoms with van der Waals surface area (Å²) in [6, 6.07) is 5.45. The summed E-state index contributed by atoms with van der Waals surface area (Å²) < 4.78 is 11.3. The van der Waals surface area contributed by atoms with Crippen molar-refractivity contribution in [2.75, 3.05) is 7.11 Å². The summed E-state index contributed by atoms with van der Waals surface area (Å²) >= 11 is 0. The molecule has 0 bridgehead atoms. The molecule has 0 aromatic heterocycles. The topological polar surface area (TPSA) is 55.8 Å². The van der Waals surface area contributed by atoms with Gasteiger partial charge in [0.2, 0.25) is 0 Å². The van der Waals surface area contributed by atoms with E-state index in [9.17, 15) is 9.90 Å². The number of aromatic hydroxyl groups is 1. The highest BCUT2D eigenvalue weighted by Gasteiger charge is 2.41. The molecule has 0 amide bonds. The fourth-order valence-electron chi connectivity index (χ4n) is 4.50. The van der Waals surface area contributed by atoms with Crippen LogP contribution < -0.4 is 4.74 Å². The summed E-state index contributed by atoms with van der Waals surface area (Å²) in [6.07, 6.45) is 4.86. The molecule has 1 saturated carbocycles. The molecule has 0 spiro atoms. The van der Waals surface area contributed by atoms with Gasteiger partial charge in [-0.05, 0) is 75.0 Å². The Morgan fingerprint density at radius 1 is 1.21 bits per heavy atom. The first-order valence-corrected chi connectivity index (χ1v) is 10.6. The maximum Gasteiger partial charge on any atom is 0.311 e. The van der Waals surface area contributed by atoms with Crippen LogP contribution in [0.2, 0.25) is 0 Å². The van der Waals surface area contributed by atoms with E-state index in [4.69, 9.17) is 9.47 Å². The van der Waals surface area contributed by atoms with Gasteiger partial charge in [0.15, 0.2) is 11.5 Å². The highest BCUT2D eigenvalue weighted by Crippen LogP contribution is 2.43. The lowest BCUT2D eigenvalue weighted by Crippen LogP contribution is -2.36. The molecule has 1 aromatic carbocycles. The molecule has 3 unspecified atom stereocenters. The highest BCUT2D eigenvalue weighted by atomic mass is 16.5. The van der Waals surface area contributed by atoms with Crippen LogP contribution in [0.15, 0.2) is 18.2 Å². The van der Waals surface area contributed by atoms with Crippen molar-refractivity contribution in [3.05, 3.63) is 23.8 Å². The molecule has 2 rings (SSSR count). The van der Waals surface area contributed by atoms with E-state index in [1.54, 1.807) is 13.2 Å². The summed E-state index contributed by atoms with van der Waals surface area (Å²) in [4.78, 5) is 13.1. The Kier molecular flexibility index (Phi) is 7.06. The first kappa shape index (κ1) is 22.6. The predicted octanol–water partition coefficient (Wildman–Crippen LogP) is 6.07. The van der Waals surface area contributed by atoms with Crippen LogP contribution in [0.5, 0.6) is 11.5 Å². The first-order chi connectivity index (χ1) is 13.0. The maximum atomic E-state index is 13.1. The van der Waals surface area contributed by atoms with E-state index >= 15 is 0 Å². The summed E-state index contributed by atoms with van der Waals surface area (Å²) in [7, 11) is 1.55. The lowest BCUT2D eigenvalue weighted by Gasteiger charge is -2.34. The molecule has 1 aromatic rings. The lowest BCUT2D eigenvalue weighted by atomic mass is 9.77. The van der Waals surface area contributed by atoms with Crippen LogP contribution >= 0.6 is 0 Å². The first-order valence-electron chi connectivity index (χ1n) is 10.6. The van der Waals surface area contributed by atoms with Gasteiger partial charge in [0.1, 0.15) is 6.10 Å². The highest BCUT2D eigenvalue weighted by molar-refractivity contribution is 5.76. The van der Waals surface area contributed by atoms with Crippen molar-refractivity contribution < 1.29 is 19.4 Å². The van der Waals surface area contributed by atoms with Gasteiger partial charge in [-0.2, -0.15) is 0 Å². The number of ether oxygens (including phenoxy) is 2. The van der Waals surface area contributed by atoms with Crippen molar-refractivity contribution in [1.29, 1.82) is 0 Å². The number of benzene rings is 1. The number of rotatable bonds is 7. The van der Waals surface area contributed by atoms with Crippen molar-refractivity contribution in [2.45, 2.75) is 85.7 Å². The second-order valence-electron chi connectivity index (χ2n) is 9.97. The smallest absolute Gasteiger partial charge is 0.311 e. The molecule has 4 heteroatoms. The van der Waals surface area contributed by atoms with Crippen LogP contribution in [0.4, 0.5) is 0 Å². The average Bonchev–Trinajstić information content (AvgIpc) is 3.08. The molecule has 4 nitrogen and oxygen atoms in total. The van der Waals surface area contributed by atoms with Crippen LogP contribution in [0.25, 0.3) is 0 Å². The molecule has 0 saturated heterocycles. The fourth-order valence-corrected chi connectivity index (χ4v) is 4.50. The van der Waals surface area contributed by atoms with Gasteiger partial charge in [0, 0.05) is 5.92 Å². The second kappa shape index (κ2) is 8.75. The Labute approximate surface area is 170 Å². The van der Waals surface area contributed by atoms with Gasteiger partial charge in [-0.1, -0.05) is 33.8 Å². The van der Waals surface area contributed by atoms with Crippen molar-refractivity contribution in [3.63, 3.8) is 0 Å². The zero-order valence-corrected chi connectivity index (χ0v) is 18.7. The Morgan fingerprint density at radius 3 is 2.46 bits per heavy atom. The Hall–Kier alpha value is -1.71. The monoisotopic (exact) mass is 390 g/mol. The molecular weight excluding hydrogens is 352 g/mol. The van der Waals surface area contributed by atoms with Gasteiger partial charge < -0.3 is 14.6 Å². The van der Waals surface area contributed by atoms with Crippen molar-refractivity contribution in [2.24, 2.45) is 16.7 Å². The predicted molar refractivity (Wildman–Crippen MR) is 113 cm³/mol. The summed E-state index contributed by atoms with van der Waals surface area (Å²) in [6.45, 7) is 12.8. The van der Waals surface area contributed by atoms with Crippen molar-refractivity contribution in [1.82, 2.24) is 0 Å². The minimum absolute atomic E-state index is 0.0283. The number of hydrogen-bond donors (Lipinski definition) is 1. The van der Waals surface area contributed by atoms with Crippen LogP contribution in [0, 0.1) is 16.7 Å². The van der Waals surface area contributed by atoms with E-state index in [0.717, 1.165) is 31.2 Å². The number of phenols is 1. The van der Waals surface area contributed by atoms with E-state index in [1.807, 2.05) is 26.0 Å². The Balaban J connectivity index is 2.11. The Bertz CT molecular complexity index is 672. The molecule has 1 fully saturated rings. The van der Waals surface area contributed by atoms with E-state index in [2.05, 4.69) is 27.7 Å². The number of carbonyl (C=O) groups is 1. The molecule has 0 radical (unpaired) electrons. The standard InChI is InChI=1S/C24H38O4/c1-8-16(17-12-13-19(25)21(14-17)27-7)15-24(5,6)22(26)28-20-11-9-10-18(20)23(2,3)4/h12-14,16,18,20,25H,8-11,15H2,1-7H3. The fraction of sp³-hybridized carbons (Fsp3) is 0.708. The molecule has 1 aliphatic carbocycles. The van der Waals surface area contributed by atoms with Crippen molar-refractivity contribution in [3.8, 4) is 11.5 Å². The van der Waals surface area contributed by atoms with Crippen LogP contribution in [-0.4, -0.2) is 24.3 Å². The van der Waals surface area contributed by atoms with Crippen LogP contribution in [0.1, 0.15) is 85.1 Å². The zero-order chi connectivity index (χ0) is 21.1. The summed E-state index contributed by atoms with van der Waals surface area (Å²) in [5, 5.41) is 9.86. The van der Waals surface area contributed by atoms with Gasteiger partial charge in [-0.25, -0.2) is 0 Å². The third-order valence-electron chi connectivity index (χ3n) is 6.30. The number of phenolic OH excluding ortho intramolecular Hbond substituents is 1. The third kappa shape index (κ3) is 5.21. The van der Waals surface area contributed by atoms with Gasteiger partial charge in [-0.3, -0.25) is 4.79 Å². The second-order valence-corrected chi connectivity index (χ2v) is 9.97. The van der Waals surface area contributed by atoms with Gasteiger partial charge in [-0.15, -0.1) is 0 Å². The van der Waals surface area contributed by atoms with Crippen molar-refractivity contribution >= 4 is 5.97 Å². The number of methoxy groups -OCH3 is 1. The van der Waals surface area contributed by atoms with Crippen LogP contribution in [-0.2, 0) is 9.53 Å². The molecular formula is C24H38O4. The SMILES string of the molecule is CCC(CC(C)(C)C(=O)OC1CCCC1C(C)(C)C)c1ccc(O)c(OC)c1. The quantitative estimate of drug-likeness (QED) is 0.574. The third-order valence-corrected chi connectivity index (χ3v) is 6.30. The Morgan fingerprint density at radius 2 is 1.89 bits per heavy atom. The number of carbonyl (C=O) groups excluding carboxylic acids is 1. The van der Waals surface area contributed by atoms with E-state index in [-0.39, 0.29) is 29.2 Å². The van der Waals surface area contributed by atoms with Gasteiger partial charge in [0.05, 0.1) is 12.5 Å². The average molecular weight is 391 g/mol. The molecule has 3 atom stereocenters. The molecule has 28 heavy (non-hydrogen) atoms. The zero-order valence-electron chi connectivity index (χ0n) is 18.7. The molecule has 0 heterocycles. The molecule has 0 aliphatic heterocycles. The molecule has 1 aliphatic rings.